The third-order valence-electron chi connectivity index (χ3n) is 25.9. The fourth-order valence-corrected chi connectivity index (χ4v) is 19.5. The molecule has 0 unspecified atom stereocenters. The number of aliphatic hydroxyl groups is 18. The molecule has 574 valence electrons. The van der Waals surface area contributed by atoms with E-state index in [0.29, 0.717) is 38.5 Å². The highest BCUT2D eigenvalue weighted by atomic mass is 16.8. The zero-order valence-corrected chi connectivity index (χ0v) is 57.6. The van der Waals surface area contributed by atoms with E-state index in [2.05, 4.69) is 54.5 Å². The van der Waals surface area contributed by atoms with Crippen molar-refractivity contribution in [2.45, 2.75) is 303 Å². The fraction of sp³-hybridized carbons (Fsp3) is 0.955. The molecule has 4 saturated carbocycles. The van der Waals surface area contributed by atoms with Crippen LogP contribution in [-0.4, -0.2) is 334 Å². The van der Waals surface area contributed by atoms with Crippen molar-refractivity contribution < 1.29 is 163 Å². The Kier molecular flexibility index (Phi) is 22.4. The summed E-state index contributed by atoms with van der Waals surface area (Å²) in [6.45, 7) is 12.8. The van der Waals surface area contributed by atoms with E-state index in [1.165, 1.54) is 6.92 Å². The first-order valence-corrected chi connectivity index (χ1v) is 35.3. The van der Waals surface area contributed by atoms with Crippen LogP contribution in [0.3, 0.4) is 0 Å². The van der Waals surface area contributed by atoms with Gasteiger partial charge in [-0.3, -0.25) is 4.79 Å². The first-order chi connectivity index (χ1) is 46.9. The Balaban J connectivity index is 0.760. The lowest BCUT2D eigenvalue weighted by atomic mass is 9.33. The Bertz CT molecular complexity index is 2860. The molecule has 0 aromatic heterocycles. The van der Waals surface area contributed by atoms with Crippen molar-refractivity contribution in [1.29, 1.82) is 0 Å². The van der Waals surface area contributed by atoms with Crippen molar-refractivity contribution in [3.8, 4) is 0 Å². The second-order valence-electron chi connectivity index (χ2n) is 32.7. The van der Waals surface area contributed by atoms with Crippen LogP contribution in [0.4, 0.5) is 0 Å². The van der Waals surface area contributed by atoms with Crippen molar-refractivity contribution in [2.75, 3.05) is 46.2 Å². The molecule has 12 rings (SSSR count). The lowest BCUT2D eigenvalue weighted by molar-refractivity contribution is -0.386. The van der Waals surface area contributed by atoms with Crippen molar-refractivity contribution in [3.05, 3.63) is 11.6 Å². The third-order valence-corrected chi connectivity index (χ3v) is 25.9. The van der Waals surface area contributed by atoms with Gasteiger partial charge in [-0.25, -0.2) is 0 Å². The largest absolute Gasteiger partial charge is 0.432 e. The van der Waals surface area contributed by atoms with Gasteiger partial charge in [-0.05, 0) is 110 Å². The number of allylic oxidation sites excluding steroid dienone is 2. The predicted molar refractivity (Wildman–Crippen MR) is 331 cm³/mol. The summed E-state index contributed by atoms with van der Waals surface area (Å²) < 4.78 is 83.5. The van der Waals surface area contributed by atoms with Crippen molar-refractivity contribution >= 4 is 5.97 Å². The van der Waals surface area contributed by atoms with E-state index < -0.39 is 263 Å². The minimum atomic E-state index is -2.24. The number of hydrogen-bond acceptors (Lipinski definition) is 33. The lowest BCUT2D eigenvalue weighted by Gasteiger charge is -2.71. The minimum absolute atomic E-state index is 0.0390. The molecule has 7 saturated heterocycles. The normalized spacial score (nSPS) is 54.7. The van der Waals surface area contributed by atoms with Crippen LogP contribution in [0.15, 0.2) is 11.6 Å². The van der Waals surface area contributed by atoms with Crippen molar-refractivity contribution in [3.63, 3.8) is 0 Å². The summed E-state index contributed by atoms with van der Waals surface area (Å²) in [6, 6.07) is 0. The van der Waals surface area contributed by atoms with E-state index in [4.69, 9.17) is 66.3 Å². The summed E-state index contributed by atoms with van der Waals surface area (Å²) >= 11 is 0. The van der Waals surface area contributed by atoms with E-state index in [0.717, 1.165) is 12.0 Å². The summed E-state index contributed by atoms with van der Waals surface area (Å²) in [5.74, 6) is -1.34. The summed E-state index contributed by atoms with van der Waals surface area (Å²) in [5, 5.41) is 198. The fourth-order valence-electron chi connectivity index (χ4n) is 19.5. The molecule has 0 aromatic rings. The SMILES string of the molecule is C[C@@H]1O[C@@H](O[C@H]2[C@H](OC(=O)[C@]34CCC(C)(C)C[C@@H]3C3=CC[C@@H]5[C@@]6(C)CC[C@H](O[C@@H]7O[C@H](CO[C@@H]8OC[C@H](O)[C@H](O)[C@H]8O)[C@@H](O)[C@H](O)[C@H]7O)C(C)(C)[C@@H]6CC[C@@]5(C)[C@]3(C)C[C@H]4O)OC[C@@H](O)[C@@H]2O)[C@H](O)[C@H](O[C@@H]2OC[C@](O)(CO)[C@H]2O)[C@H]1O[C@@H]1OC[C@H](O)[C@H](O[C@@H]2OC[C@@H](O)[C@H](O)[C@H]2O)[C@H]1O. The molecule has 7 heterocycles. The number of carbonyl (C=O) groups excluding carboxylic acids is 1. The van der Waals surface area contributed by atoms with Crippen LogP contribution in [-0.2, 0) is 71.1 Å². The molecule has 18 N–H and O–H groups in total. The molecule has 0 bridgehead atoms. The van der Waals surface area contributed by atoms with Gasteiger partial charge < -0.3 is 158 Å². The van der Waals surface area contributed by atoms with E-state index >= 15 is 4.79 Å². The molecule has 33 heteroatoms. The first-order valence-electron chi connectivity index (χ1n) is 35.3. The Morgan fingerprint density at radius 3 is 1.74 bits per heavy atom. The third kappa shape index (κ3) is 13.3. The maximum Gasteiger partial charge on any atom is 0.317 e. The van der Waals surface area contributed by atoms with Crippen LogP contribution >= 0.6 is 0 Å². The van der Waals surface area contributed by atoms with E-state index in [1.54, 1.807) is 0 Å². The molecule has 12 aliphatic rings. The van der Waals surface area contributed by atoms with Crippen LogP contribution < -0.4 is 0 Å². The van der Waals surface area contributed by atoms with Gasteiger partial charge in [-0.1, -0.05) is 60.1 Å². The van der Waals surface area contributed by atoms with Crippen molar-refractivity contribution in [1.82, 2.24) is 0 Å². The highest BCUT2D eigenvalue weighted by Crippen LogP contribution is 2.76. The van der Waals surface area contributed by atoms with Crippen LogP contribution in [0, 0.1) is 50.2 Å². The molecular weight excluding hydrogens is 1330 g/mol. The average Bonchev–Trinajstić information content (AvgIpc) is 0.729. The Hall–Kier alpha value is -2.03. The van der Waals surface area contributed by atoms with Gasteiger partial charge in [-0.2, -0.15) is 0 Å². The zero-order valence-electron chi connectivity index (χ0n) is 57.6. The Morgan fingerprint density at radius 2 is 1.08 bits per heavy atom. The van der Waals surface area contributed by atoms with E-state index in [1.807, 2.05) is 0 Å². The number of fused-ring (bicyclic) bond motifs is 7. The summed E-state index contributed by atoms with van der Waals surface area (Å²) in [6.07, 6.45) is -41.7. The molecule has 0 amide bonds. The standard InChI is InChI=1S/C67H108O33/c1-26-48(96-55-46(82)49(32(72)22-89-55)97-54-44(80)39(75)30(70)20-88-54)50(98-59-52(84)66(86,24-68)25-92-59)47(83)57(93-26)99-51-40(76)31(71)21-90-58(51)100-60(85)67-16-15-61(2,3)17-28(67)27-9-10-35-63(6)13-12-37(62(4,5)34(63)11-14-64(35,7)65(27,8)18-36(67)73)95-56-45(81)42(78)41(77)33(94-56)23-91-53-43(79)38(74)29(69)19-87-53/h9,26,28-59,68-84,86H,10-25H2,1-8H3/t26-,28+,29-,30+,31+,32-,33+,34-,35+,36+,37-,38-,39-,40-,41+,42-,43+,44+,45+,46+,47+,48-,49-,50-,51+,52-,53-,54-,55-,56-,57-,58-,59-,63-,64+,65+,66+,67+/m0/s1. The van der Waals surface area contributed by atoms with E-state index in [-0.39, 0.29) is 42.1 Å². The van der Waals surface area contributed by atoms with Gasteiger partial charge in [0.25, 0.3) is 0 Å². The van der Waals surface area contributed by atoms with Gasteiger partial charge in [0.15, 0.2) is 43.8 Å². The van der Waals surface area contributed by atoms with Gasteiger partial charge in [0.2, 0.25) is 6.29 Å². The molecule has 38 atom stereocenters. The molecule has 33 nitrogen and oxygen atoms in total. The second kappa shape index (κ2) is 28.8. The summed E-state index contributed by atoms with van der Waals surface area (Å²) in [7, 11) is 0. The van der Waals surface area contributed by atoms with Crippen LogP contribution in [0.2, 0.25) is 0 Å². The first kappa shape index (κ1) is 77.6. The van der Waals surface area contributed by atoms with E-state index in [9.17, 15) is 91.9 Å². The predicted octanol–water partition coefficient (Wildman–Crippen LogP) is -5.37. The second-order valence-corrected chi connectivity index (χ2v) is 32.7. The minimum Gasteiger partial charge on any atom is -0.432 e. The lowest BCUT2D eigenvalue weighted by Crippen LogP contribution is -2.68. The highest BCUT2D eigenvalue weighted by Gasteiger charge is 2.73. The van der Waals surface area contributed by atoms with Gasteiger partial charge in [-0.15, -0.1) is 0 Å². The zero-order chi connectivity index (χ0) is 72.6. The van der Waals surface area contributed by atoms with Gasteiger partial charge in [0.05, 0.1) is 64.6 Å². The molecule has 7 aliphatic heterocycles. The number of ether oxygens (including phenoxy) is 14. The van der Waals surface area contributed by atoms with Gasteiger partial charge in [0, 0.05) is 0 Å². The Morgan fingerprint density at radius 1 is 0.520 bits per heavy atom. The van der Waals surface area contributed by atoms with Crippen molar-refractivity contribution in [2.24, 2.45) is 50.2 Å². The number of carbonyl (C=O) groups is 1. The Labute approximate surface area is 578 Å². The topological polar surface area (TPSA) is 510 Å². The summed E-state index contributed by atoms with van der Waals surface area (Å²) in [5.41, 5.74) is -5.13. The maximum atomic E-state index is 15.7. The van der Waals surface area contributed by atoms with Gasteiger partial charge in [0.1, 0.15) is 127 Å². The van der Waals surface area contributed by atoms with Gasteiger partial charge >= 0.3 is 5.97 Å². The molecule has 100 heavy (non-hydrogen) atoms. The number of esters is 1. The maximum absolute atomic E-state index is 15.7. The van der Waals surface area contributed by atoms with Crippen LogP contribution in [0.5, 0.6) is 0 Å². The highest BCUT2D eigenvalue weighted by molar-refractivity contribution is 5.80. The molecule has 0 aromatic carbocycles. The van der Waals surface area contributed by atoms with Crippen LogP contribution in [0.1, 0.15) is 113 Å². The number of rotatable bonds is 16. The smallest absolute Gasteiger partial charge is 0.317 e. The average molecular weight is 1440 g/mol. The quantitative estimate of drug-likeness (QED) is 0.0390. The molecule has 0 radical (unpaired) electrons. The molecule has 5 aliphatic carbocycles. The molecule has 11 fully saturated rings. The van der Waals surface area contributed by atoms with Crippen LogP contribution in [0.25, 0.3) is 0 Å². The number of aliphatic hydroxyl groups excluding tert-OH is 17. The molecule has 0 spiro atoms. The number of hydrogen-bond donors (Lipinski definition) is 18. The molecular formula is C67H108O33. The monoisotopic (exact) mass is 1440 g/mol. The summed E-state index contributed by atoms with van der Waals surface area (Å²) in [4.78, 5) is 15.7.